The molecule has 0 saturated heterocycles. The van der Waals surface area contributed by atoms with Gasteiger partial charge in [0.05, 0.1) is 17.2 Å². The van der Waals surface area contributed by atoms with Crippen molar-refractivity contribution in [2.45, 2.75) is 13.0 Å². The zero-order chi connectivity index (χ0) is 20.2. The Morgan fingerprint density at radius 1 is 1.00 bits per heavy atom. The van der Waals surface area contributed by atoms with Gasteiger partial charge in [-0.25, -0.2) is 4.98 Å². The summed E-state index contributed by atoms with van der Waals surface area (Å²) in [6, 6.07) is 22.9. The Bertz CT molecular complexity index is 1240. The molecule has 0 aliphatic heterocycles. The highest BCUT2D eigenvalue weighted by molar-refractivity contribution is 9.10. The third-order valence-electron chi connectivity index (χ3n) is 4.65. The van der Waals surface area contributed by atoms with Crippen molar-refractivity contribution in [3.8, 4) is 11.1 Å². The highest BCUT2D eigenvalue weighted by Gasteiger charge is 2.10. The highest BCUT2D eigenvalue weighted by atomic mass is 79.9. The molecule has 6 heteroatoms. The Hall–Kier alpha value is -3.25. The number of aromatic nitrogens is 2. The number of hydrogen-bond acceptors (Lipinski definition) is 3. The molecule has 1 aromatic heterocycles. The lowest BCUT2D eigenvalue weighted by Gasteiger charge is -2.12. The number of benzene rings is 3. The summed E-state index contributed by atoms with van der Waals surface area (Å²) in [6.07, 6.45) is 1.66. The summed E-state index contributed by atoms with van der Waals surface area (Å²) in [5, 5.41) is 3.49. The van der Waals surface area contributed by atoms with Gasteiger partial charge < -0.3 is 5.32 Å². The molecule has 144 valence electrons. The Labute approximate surface area is 176 Å². The van der Waals surface area contributed by atoms with Gasteiger partial charge in [0.1, 0.15) is 0 Å². The predicted octanol–water partition coefficient (Wildman–Crippen LogP) is 4.85. The van der Waals surface area contributed by atoms with E-state index in [9.17, 15) is 9.59 Å². The summed E-state index contributed by atoms with van der Waals surface area (Å²) < 4.78 is 2.29. The molecular weight excluding hydrogens is 430 g/mol. The number of aryl methyl sites for hydroxylation is 1. The van der Waals surface area contributed by atoms with Crippen molar-refractivity contribution in [2.75, 3.05) is 5.32 Å². The van der Waals surface area contributed by atoms with Crippen LogP contribution in [0, 0.1) is 0 Å². The average Bonchev–Trinajstić information content (AvgIpc) is 2.75. The van der Waals surface area contributed by atoms with E-state index in [0.717, 1.165) is 21.3 Å². The largest absolute Gasteiger partial charge is 0.325 e. The summed E-state index contributed by atoms with van der Waals surface area (Å²) in [6.45, 7) is 0.258. The molecule has 0 bridgehead atoms. The fraction of sp³-hybridized carbons (Fsp3) is 0.0870. The number of nitrogens with zero attached hydrogens (tertiary/aromatic N) is 2. The molecule has 0 radical (unpaired) electrons. The average molecular weight is 448 g/mol. The van der Waals surface area contributed by atoms with E-state index in [0.29, 0.717) is 10.9 Å². The van der Waals surface area contributed by atoms with E-state index in [1.54, 1.807) is 12.1 Å². The topological polar surface area (TPSA) is 64.0 Å². The van der Waals surface area contributed by atoms with Crippen LogP contribution in [0.3, 0.4) is 0 Å². The minimum Gasteiger partial charge on any atom is -0.325 e. The fourth-order valence-electron chi connectivity index (χ4n) is 3.19. The van der Waals surface area contributed by atoms with E-state index >= 15 is 0 Å². The van der Waals surface area contributed by atoms with Gasteiger partial charge in [-0.2, -0.15) is 0 Å². The van der Waals surface area contributed by atoms with Crippen LogP contribution in [0.5, 0.6) is 0 Å². The Kier molecular flexibility index (Phi) is 5.53. The lowest BCUT2D eigenvalue weighted by molar-refractivity contribution is -0.116. The molecule has 4 rings (SSSR count). The summed E-state index contributed by atoms with van der Waals surface area (Å²) >= 11 is 3.38. The third-order valence-corrected chi connectivity index (χ3v) is 5.15. The van der Waals surface area contributed by atoms with Crippen LogP contribution in [-0.4, -0.2) is 15.5 Å². The molecule has 4 aromatic rings. The molecule has 0 saturated carbocycles. The highest BCUT2D eigenvalue weighted by Crippen LogP contribution is 2.27. The maximum atomic E-state index is 12.7. The van der Waals surface area contributed by atoms with Crippen molar-refractivity contribution in [1.29, 1.82) is 0 Å². The fourth-order valence-corrected chi connectivity index (χ4v) is 3.55. The number of hydrogen-bond donors (Lipinski definition) is 1. The lowest BCUT2D eigenvalue weighted by atomic mass is 10.0. The van der Waals surface area contributed by atoms with Crippen LogP contribution < -0.4 is 10.9 Å². The first-order chi connectivity index (χ1) is 14.1. The number of amides is 1. The number of carbonyl (C=O) groups is 1. The lowest BCUT2D eigenvalue weighted by Crippen LogP contribution is -2.23. The van der Waals surface area contributed by atoms with Gasteiger partial charge in [0.15, 0.2) is 0 Å². The Morgan fingerprint density at radius 3 is 2.59 bits per heavy atom. The van der Waals surface area contributed by atoms with E-state index in [4.69, 9.17) is 0 Å². The smallest absolute Gasteiger partial charge is 0.261 e. The summed E-state index contributed by atoms with van der Waals surface area (Å²) in [5.41, 5.74) is 3.21. The van der Waals surface area contributed by atoms with Crippen LogP contribution in [-0.2, 0) is 11.3 Å². The molecule has 29 heavy (non-hydrogen) atoms. The quantitative estimate of drug-likeness (QED) is 0.475. The van der Waals surface area contributed by atoms with E-state index in [1.807, 2.05) is 60.7 Å². The molecule has 5 nitrogen and oxygen atoms in total. The van der Waals surface area contributed by atoms with Crippen molar-refractivity contribution >= 4 is 38.4 Å². The van der Waals surface area contributed by atoms with Crippen molar-refractivity contribution in [3.05, 3.63) is 94.0 Å². The summed E-state index contributed by atoms with van der Waals surface area (Å²) in [7, 11) is 0. The molecule has 3 aromatic carbocycles. The number of para-hydroxylation sites is 1. The van der Waals surface area contributed by atoms with E-state index in [-0.39, 0.29) is 24.4 Å². The number of fused-ring (bicyclic) bond motifs is 1. The number of halogens is 1. The van der Waals surface area contributed by atoms with E-state index < -0.39 is 0 Å². The van der Waals surface area contributed by atoms with Crippen LogP contribution in [0.4, 0.5) is 5.69 Å². The van der Waals surface area contributed by atoms with Gasteiger partial charge in [-0.1, -0.05) is 64.5 Å². The molecule has 1 heterocycles. The maximum Gasteiger partial charge on any atom is 0.261 e. The summed E-state index contributed by atoms with van der Waals surface area (Å²) in [4.78, 5) is 29.5. The van der Waals surface area contributed by atoms with Gasteiger partial charge in [-0.05, 0) is 29.8 Å². The first kappa shape index (κ1) is 19.1. The van der Waals surface area contributed by atoms with Crippen LogP contribution in [0.25, 0.3) is 22.0 Å². The zero-order valence-corrected chi connectivity index (χ0v) is 17.1. The SMILES string of the molecule is O=C(CCn1cnc2ccc(Br)cc2c1=O)Nc1ccccc1-c1ccccc1. The van der Waals surface area contributed by atoms with Crippen LogP contribution in [0.1, 0.15) is 6.42 Å². The first-order valence-corrected chi connectivity index (χ1v) is 10.00. The van der Waals surface area contributed by atoms with Gasteiger partial charge in [0.2, 0.25) is 5.91 Å². The molecule has 1 amide bonds. The van der Waals surface area contributed by atoms with E-state index in [2.05, 4.69) is 26.2 Å². The number of carbonyl (C=O) groups excluding carboxylic acids is 1. The molecular formula is C23H18BrN3O2. The van der Waals surface area contributed by atoms with Crippen molar-refractivity contribution in [1.82, 2.24) is 9.55 Å². The number of rotatable bonds is 5. The van der Waals surface area contributed by atoms with Crippen LogP contribution >= 0.6 is 15.9 Å². The van der Waals surface area contributed by atoms with Gasteiger partial charge in [-0.15, -0.1) is 0 Å². The van der Waals surface area contributed by atoms with Gasteiger partial charge in [-0.3, -0.25) is 14.2 Å². The van der Waals surface area contributed by atoms with Crippen molar-refractivity contribution in [2.24, 2.45) is 0 Å². The zero-order valence-electron chi connectivity index (χ0n) is 15.5. The maximum absolute atomic E-state index is 12.7. The van der Waals surface area contributed by atoms with E-state index in [1.165, 1.54) is 10.9 Å². The Morgan fingerprint density at radius 2 is 1.76 bits per heavy atom. The molecule has 0 aliphatic carbocycles. The molecule has 1 N–H and O–H groups in total. The van der Waals surface area contributed by atoms with Gasteiger partial charge in [0.25, 0.3) is 5.56 Å². The molecule has 0 aliphatic rings. The second-order valence-electron chi connectivity index (χ2n) is 6.61. The Balaban J connectivity index is 1.50. The normalized spacial score (nSPS) is 10.8. The second-order valence-corrected chi connectivity index (χ2v) is 7.53. The van der Waals surface area contributed by atoms with Crippen LogP contribution in [0.15, 0.2) is 88.4 Å². The first-order valence-electron chi connectivity index (χ1n) is 9.21. The van der Waals surface area contributed by atoms with Crippen molar-refractivity contribution in [3.63, 3.8) is 0 Å². The molecule has 0 atom stereocenters. The third kappa shape index (κ3) is 4.27. The molecule has 0 fully saturated rings. The van der Waals surface area contributed by atoms with Gasteiger partial charge >= 0.3 is 0 Å². The minimum absolute atomic E-state index is 0.158. The molecule has 0 spiro atoms. The van der Waals surface area contributed by atoms with Crippen LogP contribution in [0.2, 0.25) is 0 Å². The van der Waals surface area contributed by atoms with Gasteiger partial charge in [0, 0.05) is 28.7 Å². The number of nitrogens with one attached hydrogen (secondary N) is 1. The second kappa shape index (κ2) is 8.41. The minimum atomic E-state index is -0.159. The summed E-state index contributed by atoms with van der Waals surface area (Å²) in [5.74, 6) is -0.158. The predicted molar refractivity (Wildman–Crippen MR) is 119 cm³/mol. The molecule has 0 unspecified atom stereocenters. The number of anilines is 1. The van der Waals surface area contributed by atoms with Crippen molar-refractivity contribution < 1.29 is 4.79 Å². The standard InChI is InChI=1S/C23H18BrN3O2/c24-17-10-11-20-19(14-17)23(29)27(15-25-20)13-12-22(28)26-21-9-5-4-8-18(21)16-6-2-1-3-7-16/h1-11,14-15H,12-13H2,(H,26,28). The monoisotopic (exact) mass is 447 g/mol.